The van der Waals surface area contributed by atoms with Crippen LogP contribution in [0.4, 0.5) is 0 Å². The molecule has 0 heterocycles. The quantitative estimate of drug-likeness (QED) is 0.684. The maximum absolute atomic E-state index is 11.9. The first-order chi connectivity index (χ1) is 8.60. The maximum Gasteiger partial charge on any atom is 0.240 e. The standard InChI is InChI=1S/C12H20N2O3S/c1-3-13-10-11-5-4-6-12(9-11)18(15,16)14-7-8-17-2/h4-6,9,13-14H,3,7-8,10H2,1-2H3. The van der Waals surface area contributed by atoms with Gasteiger partial charge in [-0.2, -0.15) is 0 Å². The van der Waals surface area contributed by atoms with Gasteiger partial charge < -0.3 is 10.1 Å². The van der Waals surface area contributed by atoms with Crippen LogP contribution in [0.3, 0.4) is 0 Å². The van der Waals surface area contributed by atoms with Crippen LogP contribution in [0.1, 0.15) is 12.5 Å². The predicted molar refractivity (Wildman–Crippen MR) is 70.9 cm³/mol. The van der Waals surface area contributed by atoms with Gasteiger partial charge in [0.1, 0.15) is 0 Å². The highest BCUT2D eigenvalue weighted by atomic mass is 32.2. The summed E-state index contributed by atoms with van der Waals surface area (Å²) in [5, 5.41) is 3.16. The van der Waals surface area contributed by atoms with E-state index in [2.05, 4.69) is 10.0 Å². The molecular weight excluding hydrogens is 252 g/mol. The maximum atomic E-state index is 11.9. The van der Waals surface area contributed by atoms with Crippen LogP contribution in [0.25, 0.3) is 0 Å². The van der Waals surface area contributed by atoms with Crippen LogP contribution in [0.15, 0.2) is 29.2 Å². The van der Waals surface area contributed by atoms with Crippen molar-refractivity contribution < 1.29 is 13.2 Å². The van der Waals surface area contributed by atoms with Gasteiger partial charge in [0, 0.05) is 20.2 Å². The smallest absolute Gasteiger partial charge is 0.240 e. The fourth-order valence-electron chi connectivity index (χ4n) is 1.45. The molecule has 18 heavy (non-hydrogen) atoms. The molecule has 0 saturated heterocycles. The minimum absolute atomic E-state index is 0.274. The van der Waals surface area contributed by atoms with Crippen molar-refractivity contribution in [2.24, 2.45) is 0 Å². The van der Waals surface area contributed by atoms with Gasteiger partial charge in [-0.25, -0.2) is 13.1 Å². The molecule has 1 rings (SSSR count). The average molecular weight is 272 g/mol. The molecule has 0 saturated carbocycles. The SMILES string of the molecule is CCNCc1cccc(S(=O)(=O)NCCOC)c1. The minimum atomic E-state index is -3.44. The third-order valence-corrected chi connectivity index (χ3v) is 3.84. The number of rotatable bonds is 8. The number of ether oxygens (including phenoxy) is 1. The second-order valence-corrected chi connectivity index (χ2v) is 5.59. The molecule has 0 bridgehead atoms. The Balaban J connectivity index is 2.75. The molecule has 0 aliphatic carbocycles. The van der Waals surface area contributed by atoms with Crippen molar-refractivity contribution in [2.75, 3.05) is 26.8 Å². The van der Waals surface area contributed by atoms with E-state index < -0.39 is 10.0 Å². The molecule has 0 unspecified atom stereocenters. The lowest BCUT2D eigenvalue weighted by Gasteiger charge is -2.08. The van der Waals surface area contributed by atoms with Crippen molar-refractivity contribution >= 4 is 10.0 Å². The molecule has 0 atom stereocenters. The Bertz CT molecular complexity index is 460. The Labute approximate surface area is 109 Å². The molecule has 5 nitrogen and oxygen atoms in total. The largest absolute Gasteiger partial charge is 0.383 e. The molecule has 1 aromatic rings. The lowest BCUT2D eigenvalue weighted by Crippen LogP contribution is -2.27. The molecule has 0 aromatic heterocycles. The summed E-state index contributed by atoms with van der Waals surface area (Å²) in [4.78, 5) is 0.286. The zero-order valence-electron chi connectivity index (χ0n) is 10.8. The summed E-state index contributed by atoms with van der Waals surface area (Å²) in [6.45, 7) is 4.15. The van der Waals surface area contributed by atoms with Gasteiger partial charge in [0.25, 0.3) is 0 Å². The van der Waals surface area contributed by atoms with Crippen LogP contribution >= 0.6 is 0 Å². The highest BCUT2D eigenvalue weighted by Gasteiger charge is 2.13. The van der Waals surface area contributed by atoms with E-state index in [1.54, 1.807) is 18.2 Å². The lowest BCUT2D eigenvalue weighted by molar-refractivity contribution is 0.204. The van der Waals surface area contributed by atoms with Crippen LogP contribution in [0.5, 0.6) is 0 Å². The fourth-order valence-corrected chi connectivity index (χ4v) is 2.54. The molecule has 2 N–H and O–H groups in total. The van der Waals surface area contributed by atoms with Crippen molar-refractivity contribution in [1.82, 2.24) is 10.0 Å². The van der Waals surface area contributed by atoms with E-state index in [1.165, 1.54) is 7.11 Å². The van der Waals surface area contributed by atoms with Crippen molar-refractivity contribution in [3.63, 3.8) is 0 Å². The molecule has 0 radical (unpaired) electrons. The van der Waals surface area contributed by atoms with Crippen molar-refractivity contribution in [3.8, 4) is 0 Å². The second kappa shape index (κ2) is 7.48. The first kappa shape index (κ1) is 15.1. The van der Waals surface area contributed by atoms with E-state index in [0.717, 1.165) is 12.1 Å². The average Bonchev–Trinajstić information content (AvgIpc) is 2.37. The van der Waals surface area contributed by atoms with Crippen LogP contribution in [0.2, 0.25) is 0 Å². The Morgan fingerprint density at radius 2 is 2.11 bits per heavy atom. The summed E-state index contributed by atoms with van der Waals surface area (Å²) in [7, 11) is -1.90. The number of sulfonamides is 1. The zero-order valence-corrected chi connectivity index (χ0v) is 11.6. The number of hydrogen-bond donors (Lipinski definition) is 2. The molecule has 0 spiro atoms. The molecule has 0 fully saturated rings. The monoisotopic (exact) mass is 272 g/mol. The van der Waals surface area contributed by atoms with Gasteiger partial charge in [-0.3, -0.25) is 0 Å². The Morgan fingerprint density at radius 1 is 1.33 bits per heavy atom. The fraction of sp³-hybridized carbons (Fsp3) is 0.500. The Kier molecular flexibility index (Phi) is 6.28. The van der Waals surface area contributed by atoms with E-state index in [0.29, 0.717) is 13.2 Å². The molecule has 1 aromatic carbocycles. The van der Waals surface area contributed by atoms with E-state index in [1.807, 2.05) is 13.0 Å². The van der Waals surface area contributed by atoms with Gasteiger partial charge in [-0.05, 0) is 24.2 Å². The molecule has 0 aliphatic rings. The Hall–Kier alpha value is -0.950. The molecular formula is C12H20N2O3S. The summed E-state index contributed by atoms with van der Waals surface area (Å²) in [6.07, 6.45) is 0. The third-order valence-electron chi connectivity index (χ3n) is 2.39. The van der Waals surface area contributed by atoms with Crippen LogP contribution < -0.4 is 10.0 Å². The van der Waals surface area contributed by atoms with Crippen LogP contribution in [-0.2, 0) is 21.3 Å². The Morgan fingerprint density at radius 3 is 2.78 bits per heavy atom. The van der Waals surface area contributed by atoms with Gasteiger partial charge in [0.15, 0.2) is 0 Å². The highest BCUT2D eigenvalue weighted by Crippen LogP contribution is 2.11. The van der Waals surface area contributed by atoms with Crippen molar-refractivity contribution in [1.29, 1.82) is 0 Å². The molecule has 0 amide bonds. The molecule has 0 aliphatic heterocycles. The van der Waals surface area contributed by atoms with Crippen molar-refractivity contribution in [2.45, 2.75) is 18.4 Å². The number of nitrogens with one attached hydrogen (secondary N) is 2. The summed E-state index contributed by atoms with van der Waals surface area (Å²) in [5.41, 5.74) is 0.950. The predicted octanol–water partition coefficient (Wildman–Crippen LogP) is 0.721. The molecule has 102 valence electrons. The first-order valence-corrected chi connectivity index (χ1v) is 7.36. The van der Waals surface area contributed by atoms with Crippen LogP contribution in [-0.4, -0.2) is 35.2 Å². The third kappa shape index (κ3) is 4.73. The number of benzene rings is 1. The summed E-state index contributed by atoms with van der Waals surface area (Å²) < 4.78 is 31.2. The van der Waals surface area contributed by atoms with Gasteiger partial charge in [0.2, 0.25) is 10.0 Å². The number of methoxy groups -OCH3 is 1. The van der Waals surface area contributed by atoms with Gasteiger partial charge >= 0.3 is 0 Å². The lowest BCUT2D eigenvalue weighted by atomic mass is 10.2. The normalized spacial score (nSPS) is 11.7. The zero-order chi connectivity index (χ0) is 13.4. The first-order valence-electron chi connectivity index (χ1n) is 5.88. The van der Waals surface area contributed by atoms with Gasteiger partial charge in [0.05, 0.1) is 11.5 Å². The van der Waals surface area contributed by atoms with Gasteiger partial charge in [-0.1, -0.05) is 19.1 Å². The van der Waals surface area contributed by atoms with E-state index in [4.69, 9.17) is 4.74 Å². The number of hydrogen-bond acceptors (Lipinski definition) is 4. The van der Waals surface area contributed by atoms with Crippen molar-refractivity contribution in [3.05, 3.63) is 29.8 Å². The van der Waals surface area contributed by atoms with Gasteiger partial charge in [-0.15, -0.1) is 0 Å². The van der Waals surface area contributed by atoms with E-state index in [-0.39, 0.29) is 11.4 Å². The van der Waals surface area contributed by atoms with E-state index >= 15 is 0 Å². The topological polar surface area (TPSA) is 67.4 Å². The summed E-state index contributed by atoms with van der Waals surface area (Å²) in [6, 6.07) is 6.91. The van der Waals surface area contributed by atoms with E-state index in [9.17, 15) is 8.42 Å². The second-order valence-electron chi connectivity index (χ2n) is 3.82. The summed E-state index contributed by atoms with van der Waals surface area (Å²) >= 11 is 0. The minimum Gasteiger partial charge on any atom is -0.383 e. The van der Waals surface area contributed by atoms with Crippen LogP contribution in [0, 0.1) is 0 Å². The summed E-state index contributed by atoms with van der Waals surface area (Å²) in [5.74, 6) is 0. The molecule has 6 heteroatoms. The highest BCUT2D eigenvalue weighted by molar-refractivity contribution is 7.89.